The Hall–Kier alpha value is -0.890. The molecule has 2 heteroatoms. The van der Waals surface area contributed by atoms with Crippen molar-refractivity contribution in [1.82, 2.24) is 0 Å². The number of carbonyl (C=O) groups excluding carboxylic acids is 1. The number of hydrogen-bond donors (Lipinski definition) is 1. The minimum Gasteiger partial charge on any atom is -0.381 e. The molecule has 3 aliphatic rings. The summed E-state index contributed by atoms with van der Waals surface area (Å²) in [7, 11) is 0. The molecular weight excluding hydrogens is 200 g/mol. The molecule has 3 aliphatic carbocycles. The fourth-order valence-corrected chi connectivity index (χ4v) is 3.61. The highest BCUT2D eigenvalue weighted by molar-refractivity contribution is 5.92. The molecule has 3 saturated carbocycles. The van der Waals surface area contributed by atoms with Crippen LogP contribution in [0.4, 0.5) is 0 Å². The molecule has 0 aliphatic heterocycles. The first-order valence-corrected chi connectivity index (χ1v) is 6.00. The highest BCUT2D eigenvalue weighted by Gasteiger charge is 2.62. The topological polar surface area (TPSA) is 37.3 Å². The van der Waals surface area contributed by atoms with Gasteiger partial charge in [-0.1, -0.05) is 19.1 Å². The molecule has 3 rings (SSSR count). The molecule has 1 N–H and O–H groups in total. The quantitative estimate of drug-likeness (QED) is 0.742. The summed E-state index contributed by atoms with van der Waals surface area (Å²) in [6.07, 6.45) is 6.61. The number of ketones is 1. The van der Waals surface area contributed by atoms with Crippen molar-refractivity contribution in [3.05, 3.63) is 25.3 Å². The lowest BCUT2D eigenvalue weighted by Crippen LogP contribution is -2.64. The Morgan fingerprint density at radius 1 is 1.56 bits per heavy atom. The molecule has 0 radical (unpaired) electrons. The average Bonchev–Trinajstić information content (AvgIpc) is 2.27. The number of hydrogen-bond acceptors (Lipinski definition) is 2. The van der Waals surface area contributed by atoms with Crippen LogP contribution in [0.1, 0.15) is 32.6 Å². The zero-order valence-corrected chi connectivity index (χ0v) is 9.91. The molecule has 88 valence electrons. The number of aliphatic hydroxyl groups is 1. The van der Waals surface area contributed by atoms with Crippen LogP contribution in [0.2, 0.25) is 0 Å². The Morgan fingerprint density at radius 2 is 2.25 bits per heavy atom. The van der Waals surface area contributed by atoms with Crippen LogP contribution < -0.4 is 0 Å². The molecular formula is C14H20O2. The third-order valence-corrected chi connectivity index (χ3v) is 4.82. The first-order valence-electron chi connectivity index (χ1n) is 6.00. The second-order valence-corrected chi connectivity index (χ2v) is 5.45. The molecule has 0 aromatic carbocycles. The SMILES string of the molecule is C=CC[C@@]1(O)C(=O)[C@@H]2CC[C@@]1(C)[C@@H](C=C)C2. The van der Waals surface area contributed by atoms with Gasteiger partial charge >= 0.3 is 0 Å². The van der Waals surface area contributed by atoms with E-state index in [0.29, 0.717) is 6.42 Å². The van der Waals surface area contributed by atoms with Gasteiger partial charge in [0.15, 0.2) is 5.78 Å². The number of carbonyl (C=O) groups is 1. The van der Waals surface area contributed by atoms with Gasteiger partial charge in [-0.25, -0.2) is 0 Å². The van der Waals surface area contributed by atoms with Crippen molar-refractivity contribution in [2.75, 3.05) is 0 Å². The van der Waals surface area contributed by atoms with Gasteiger partial charge in [-0.3, -0.25) is 4.79 Å². The Bertz CT molecular complexity index is 347. The lowest BCUT2D eigenvalue weighted by atomic mass is 9.47. The van der Waals surface area contributed by atoms with E-state index < -0.39 is 5.60 Å². The van der Waals surface area contributed by atoms with Crippen LogP contribution in [-0.2, 0) is 4.79 Å². The summed E-state index contributed by atoms with van der Waals surface area (Å²) in [6, 6.07) is 0. The average molecular weight is 220 g/mol. The number of fused-ring (bicyclic) bond motifs is 3. The van der Waals surface area contributed by atoms with Crippen molar-refractivity contribution >= 4 is 5.78 Å². The van der Waals surface area contributed by atoms with Gasteiger partial charge in [-0.05, 0) is 25.2 Å². The second kappa shape index (κ2) is 3.56. The monoisotopic (exact) mass is 220 g/mol. The summed E-state index contributed by atoms with van der Waals surface area (Å²) in [4.78, 5) is 12.2. The molecule has 0 saturated heterocycles. The van der Waals surface area contributed by atoms with E-state index in [1.54, 1.807) is 6.08 Å². The molecule has 16 heavy (non-hydrogen) atoms. The van der Waals surface area contributed by atoms with E-state index in [1.807, 2.05) is 13.0 Å². The molecule has 2 bridgehead atoms. The summed E-state index contributed by atoms with van der Waals surface area (Å²) in [5, 5.41) is 10.7. The summed E-state index contributed by atoms with van der Waals surface area (Å²) < 4.78 is 0. The second-order valence-electron chi connectivity index (χ2n) is 5.45. The van der Waals surface area contributed by atoms with Gasteiger partial charge in [0.2, 0.25) is 0 Å². The first kappa shape index (κ1) is 11.6. The summed E-state index contributed by atoms with van der Waals surface area (Å²) >= 11 is 0. The van der Waals surface area contributed by atoms with Gasteiger partial charge < -0.3 is 5.11 Å². The molecule has 3 fully saturated rings. The van der Waals surface area contributed by atoms with E-state index in [1.165, 1.54) is 0 Å². The van der Waals surface area contributed by atoms with E-state index in [-0.39, 0.29) is 23.0 Å². The lowest BCUT2D eigenvalue weighted by molar-refractivity contribution is -0.186. The first-order chi connectivity index (χ1) is 7.49. The molecule has 0 aromatic rings. The highest BCUT2D eigenvalue weighted by atomic mass is 16.3. The fourth-order valence-electron chi connectivity index (χ4n) is 3.61. The Balaban J connectivity index is 2.47. The summed E-state index contributed by atoms with van der Waals surface area (Å²) in [6.45, 7) is 9.54. The standard InChI is InChI=1S/C14H20O2/c1-4-7-14(16)12(15)10-6-8-13(14,3)11(5-2)9-10/h4-5,10-11,16H,1-2,6-9H2,3H3/t10-,11+,13+,14-/m1/s1. The van der Waals surface area contributed by atoms with Crippen LogP contribution in [0.25, 0.3) is 0 Å². The third kappa shape index (κ3) is 1.20. The third-order valence-electron chi connectivity index (χ3n) is 4.82. The summed E-state index contributed by atoms with van der Waals surface area (Å²) in [5.41, 5.74) is -1.57. The highest BCUT2D eigenvalue weighted by Crippen LogP contribution is 2.58. The smallest absolute Gasteiger partial charge is 0.168 e. The minimum absolute atomic E-state index is 0.0229. The van der Waals surface area contributed by atoms with Crippen molar-refractivity contribution in [3.8, 4) is 0 Å². The van der Waals surface area contributed by atoms with Crippen LogP contribution in [0.15, 0.2) is 25.3 Å². The molecule has 4 atom stereocenters. The van der Waals surface area contributed by atoms with Gasteiger partial charge in [0, 0.05) is 17.8 Å². The van der Waals surface area contributed by atoms with Gasteiger partial charge in [0.1, 0.15) is 5.60 Å². The van der Waals surface area contributed by atoms with E-state index in [0.717, 1.165) is 19.3 Å². The zero-order valence-electron chi connectivity index (χ0n) is 9.91. The summed E-state index contributed by atoms with van der Waals surface area (Å²) in [5.74, 6) is 0.294. The predicted octanol–water partition coefficient (Wildman–Crippen LogP) is 2.48. The number of Topliss-reactive ketones (excluding diaryl/α,β-unsaturated/α-hetero) is 1. The molecule has 2 nitrogen and oxygen atoms in total. The van der Waals surface area contributed by atoms with Crippen molar-refractivity contribution < 1.29 is 9.90 Å². The van der Waals surface area contributed by atoms with E-state index in [4.69, 9.17) is 0 Å². The van der Waals surface area contributed by atoms with Crippen LogP contribution in [0.5, 0.6) is 0 Å². The molecule has 0 heterocycles. The van der Waals surface area contributed by atoms with Crippen molar-refractivity contribution in [2.24, 2.45) is 17.3 Å². The van der Waals surface area contributed by atoms with Gasteiger partial charge in [0.25, 0.3) is 0 Å². The largest absolute Gasteiger partial charge is 0.381 e. The van der Waals surface area contributed by atoms with Crippen LogP contribution in [0, 0.1) is 17.3 Å². The van der Waals surface area contributed by atoms with Crippen LogP contribution in [-0.4, -0.2) is 16.5 Å². The molecule has 0 unspecified atom stereocenters. The van der Waals surface area contributed by atoms with Crippen molar-refractivity contribution in [2.45, 2.75) is 38.2 Å². The normalized spacial score (nSPS) is 46.8. The Labute approximate surface area is 97.0 Å². The van der Waals surface area contributed by atoms with E-state index >= 15 is 0 Å². The molecule has 0 amide bonds. The van der Waals surface area contributed by atoms with Gasteiger partial charge in [-0.15, -0.1) is 13.2 Å². The maximum atomic E-state index is 12.2. The Morgan fingerprint density at radius 3 is 2.81 bits per heavy atom. The maximum absolute atomic E-state index is 12.2. The van der Waals surface area contributed by atoms with E-state index in [9.17, 15) is 9.90 Å². The van der Waals surface area contributed by atoms with Crippen LogP contribution in [0.3, 0.4) is 0 Å². The van der Waals surface area contributed by atoms with Gasteiger partial charge in [-0.2, -0.15) is 0 Å². The van der Waals surface area contributed by atoms with Gasteiger partial charge in [0.05, 0.1) is 0 Å². The predicted molar refractivity (Wildman–Crippen MR) is 63.9 cm³/mol. The number of allylic oxidation sites excluding steroid dienone is 1. The lowest BCUT2D eigenvalue weighted by Gasteiger charge is -2.58. The molecule has 0 aromatic heterocycles. The molecule has 0 spiro atoms. The maximum Gasteiger partial charge on any atom is 0.168 e. The van der Waals surface area contributed by atoms with E-state index in [2.05, 4.69) is 13.2 Å². The Kier molecular flexibility index (Phi) is 2.58. The van der Waals surface area contributed by atoms with Crippen molar-refractivity contribution in [3.63, 3.8) is 0 Å². The van der Waals surface area contributed by atoms with Crippen molar-refractivity contribution in [1.29, 1.82) is 0 Å². The fraction of sp³-hybridized carbons (Fsp3) is 0.643. The van der Waals surface area contributed by atoms with Crippen LogP contribution >= 0.6 is 0 Å². The number of rotatable bonds is 3. The minimum atomic E-state index is -1.21. The zero-order chi connectivity index (χ0) is 12.0.